The van der Waals surface area contributed by atoms with Crippen molar-refractivity contribution in [3.05, 3.63) is 0 Å². The summed E-state index contributed by atoms with van der Waals surface area (Å²) >= 11 is 0. The van der Waals surface area contributed by atoms with Crippen LogP contribution < -0.4 is 10.6 Å². The third-order valence-corrected chi connectivity index (χ3v) is 3.09. The Kier molecular flexibility index (Phi) is 3.03. The normalized spacial score (nSPS) is 38.4. The molecule has 1 saturated carbocycles. The maximum Gasteiger partial charge on any atom is 0.237 e. The Hall–Kier alpha value is -0.610. The molecule has 1 amide bonds. The van der Waals surface area contributed by atoms with Gasteiger partial charge in [0.05, 0.1) is 12.1 Å². The largest absolute Gasteiger partial charge is 0.393 e. The SMILES string of the molecule is O=C1NCCCCC1NC1CC(O)C1. The second-order valence-electron chi connectivity index (χ2n) is 4.33. The number of rotatable bonds is 2. The molecule has 80 valence electrons. The second-order valence-corrected chi connectivity index (χ2v) is 4.33. The van der Waals surface area contributed by atoms with E-state index in [9.17, 15) is 4.79 Å². The van der Waals surface area contributed by atoms with Gasteiger partial charge in [-0.25, -0.2) is 0 Å². The van der Waals surface area contributed by atoms with Crippen molar-refractivity contribution in [2.45, 2.75) is 50.3 Å². The predicted molar refractivity (Wildman–Crippen MR) is 52.8 cm³/mol. The summed E-state index contributed by atoms with van der Waals surface area (Å²) in [6, 6.07) is 0.314. The third kappa shape index (κ3) is 2.25. The highest BCUT2D eigenvalue weighted by atomic mass is 16.3. The highest BCUT2D eigenvalue weighted by Gasteiger charge is 2.31. The average Bonchev–Trinajstić information content (AvgIpc) is 2.29. The topological polar surface area (TPSA) is 61.4 Å². The molecule has 0 spiro atoms. The van der Waals surface area contributed by atoms with E-state index in [1.165, 1.54) is 0 Å². The van der Waals surface area contributed by atoms with E-state index in [1.54, 1.807) is 0 Å². The van der Waals surface area contributed by atoms with Crippen LogP contribution in [0.1, 0.15) is 32.1 Å². The monoisotopic (exact) mass is 198 g/mol. The standard InChI is InChI=1S/C10H18N2O2/c13-8-5-7(6-8)12-9-3-1-2-4-11-10(9)14/h7-9,12-13H,1-6H2,(H,11,14). The van der Waals surface area contributed by atoms with Crippen LogP contribution in [0, 0.1) is 0 Å². The van der Waals surface area contributed by atoms with Gasteiger partial charge >= 0.3 is 0 Å². The Bertz CT molecular complexity index is 214. The van der Waals surface area contributed by atoms with Gasteiger partial charge in [-0.05, 0) is 32.1 Å². The fraction of sp³-hybridized carbons (Fsp3) is 0.900. The number of amides is 1. The molecule has 2 aliphatic rings. The van der Waals surface area contributed by atoms with Crippen LogP contribution in [0.4, 0.5) is 0 Å². The van der Waals surface area contributed by atoms with E-state index in [0.717, 1.165) is 38.6 Å². The highest BCUT2D eigenvalue weighted by Crippen LogP contribution is 2.21. The van der Waals surface area contributed by atoms with Crippen LogP contribution in [0.2, 0.25) is 0 Å². The fourth-order valence-corrected chi connectivity index (χ4v) is 2.11. The lowest BCUT2D eigenvalue weighted by atomic mass is 9.88. The van der Waals surface area contributed by atoms with Gasteiger partial charge in [-0.2, -0.15) is 0 Å². The highest BCUT2D eigenvalue weighted by molar-refractivity contribution is 5.81. The molecule has 3 N–H and O–H groups in total. The van der Waals surface area contributed by atoms with Crippen molar-refractivity contribution in [3.8, 4) is 0 Å². The number of hydrogen-bond donors (Lipinski definition) is 3. The molecule has 0 bridgehead atoms. The first kappa shape index (κ1) is 9.93. The minimum Gasteiger partial charge on any atom is -0.393 e. The molecule has 1 aliphatic carbocycles. The second kappa shape index (κ2) is 4.28. The van der Waals surface area contributed by atoms with Crippen molar-refractivity contribution >= 4 is 5.91 Å². The minimum atomic E-state index is -0.152. The molecule has 0 aromatic carbocycles. The Morgan fingerprint density at radius 1 is 1.36 bits per heavy atom. The Balaban J connectivity index is 1.80. The van der Waals surface area contributed by atoms with Gasteiger partial charge in [0.2, 0.25) is 5.91 Å². The van der Waals surface area contributed by atoms with Crippen LogP contribution in [-0.2, 0) is 4.79 Å². The van der Waals surface area contributed by atoms with Gasteiger partial charge in [0.15, 0.2) is 0 Å². The average molecular weight is 198 g/mol. The maximum atomic E-state index is 11.5. The molecule has 0 aromatic heterocycles. The van der Waals surface area contributed by atoms with Gasteiger partial charge in [0.1, 0.15) is 0 Å². The van der Waals surface area contributed by atoms with Crippen molar-refractivity contribution in [3.63, 3.8) is 0 Å². The zero-order valence-electron chi connectivity index (χ0n) is 8.33. The van der Waals surface area contributed by atoms with Crippen LogP contribution in [0.5, 0.6) is 0 Å². The van der Waals surface area contributed by atoms with Crippen molar-refractivity contribution in [1.82, 2.24) is 10.6 Å². The Morgan fingerprint density at radius 2 is 2.14 bits per heavy atom. The van der Waals surface area contributed by atoms with Crippen molar-refractivity contribution in [2.75, 3.05) is 6.54 Å². The number of carbonyl (C=O) groups is 1. The summed E-state index contributed by atoms with van der Waals surface area (Å²) in [6.07, 6.45) is 4.55. The first-order chi connectivity index (χ1) is 6.75. The molecule has 2 rings (SSSR count). The Labute approximate surface area is 84.1 Å². The maximum absolute atomic E-state index is 11.5. The number of carbonyl (C=O) groups excluding carboxylic acids is 1. The molecule has 4 nitrogen and oxygen atoms in total. The predicted octanol–water partition coefficient (Wildman–Crippen LogP) is -0.232. The Morgan fingerprint density at radius 3 is 2.86 bits per heavy atom. The molecule has 14 heavy (non-hydrogen) atoms. The molecular weight excluding hydrogens is 180 g/mol. The van der Waals surface area contributed by atoms with E-state index in [1.807, 2.05) is 0 Å². The molecule has 1 atom stereocenters. The van der Waals surface area contributed by atoms with Gasteiger partial charge in [0, 0.05) is 12.6 Å². The number of aliphatic hydroxyl groups excluding tert-OH is 1. The van der Waals surface area contributed by atoms with Gasteiger partial charge < -0.3 is 15.7 Å². The first-order valence-corrected chi connectivity index (χ1v) is 5.47. The lowest BCUT2D eigenvalue weighted by Gasteiger charge is -2.34. The quantitative estimate of drug-likeness (QED) is 0.574. The molecule has 0 radical (unpaired) electrons. The smallest absolute Gasteiger partial charge is 0.237 e. The van der Waals surface area contributed by atoms with E-state index in [0.29, 0.717) is 6.04 Å². The van der Waals surface area contributed by atoms with Crippen molar-refractivity contribution in [2.24, 2.45) is 0 Å². The molecule has 1 aliphatic heterocycles. The number of aliphatic hydroxyl groups is 1. The molecule has 1 heterocycles. The third-order valence-electron chi connectivity index (χ3n) is 3.09. The first-order valence-electron chi connectivity index (χ1n) is 5.47. The zero-order valence-corrected chi connectivity index (χ0v) is 8.33. The summed E-state index contributed by atoms with van der Waals surface area (Å²) < 4.78 is 0. The van der Waals surface area contributed by atoms with E-state index in [2.05, 4.69) is 10.6 Å². The van der Waals surface area contributed by atoms with Crippen LogP contribution in [0.25, 0.3) is 0 Å². The molecule has 4 heteroatoms. The minimum absolute atomic E-state index is 0.0324. The molecular formula is C10H18N2O2. The fourth-order valence-electron chi connectivity index (χ4n) is 2.11. The van der Waals surface area contributed by atoms with Crippen LogP contribution in [-0.4, -0.2) is 35.7 Å². The van der Waals surface area contributed by atoms with E-state index < -0.39 is 0 Å². The van der Waals surface area contributed by atoms with Crippen LogP contribution in [0.3, 0.4) is 0 Å². The molecule has 2 fully saturated rings. The molecule has 1 saturated heterocycles. The molecule has 1 unspecified atom stereocenters. The van der Waals surface area contributed by atoms with Crippen LogP contribution >= 0.6 is 0 Å². The lowest BCUT2D eigenvalue weighted by molar-refractivity contribution is -0.123. The number of nitrogens with one attached hydrogen (secondary N) is 2. The van der Waals surface area contributed by atoms with Gasteiger partial charge in [-0.1, -0.05) is 0 Å². The van der Waals surface area contributed by atoms with Crippen molar-refractivity contribution in [1.29, 1.82) is 0 Å². The number of hydrogen-bond acceptors (Lipinski definition) is 3. The van der Waals surface area contributed by atoms with Crippen LogP contribution in [0.15, 0.2) is 0 Å². The van der Waals surface area contributed by atoms with Gasteiger partial charge in [-0.3, -0.25) is 4.79 Å². The van der Waals surface area contributed by atoms with E-state index in [4.69, 9.17) is 5.11 Å². The zero-order chi connectivity index (χ0) is 9.97. The summed E-state index contributed by atoms with van der Waals surface area (Å²) in [4.78, 5) is 11.5. The molecule has 0 aromatic rings. The summed E-state index contributed by atoms with van der Waals surface area (Å²) in [5.41, 5.74) is 0. The van der Waals surface area contributed by atoms with Gasteiger partial charge in [0.25, 0.3) is 0 Å². The van der Waals surface area contributed by atoms with E-state index >= 15 is 0 Å². The summed E-state index contributed by atoms with van der Waals surface area (Å²) in [7, 11) is 0. The summed E-state index contributed by atoms with van der Waals surface area (Å²) in [5, 5.41) is 15.3. The van der Waals surface area contributed by atoms with Gasteiger partial charge in [-0.15, -0.1) is 0 Å². The summed E-state index contributed by atoms with van der Waals surface area (Å²) in [6.45, 7) is 0.810. The van der Waals surface area contributed by atoms with Crippen molar-refractivity contribution < 1.29 is 9.90 Å². The van der Waals surface area contributed by atoms with E-state index in [-0.39, 0.29) is 18.1 Å². The lowest BCUT2D eigenvalue weighted by Crippen LogP contribution is -2.53. The summed E-state index contributed by atoms with van der Waals surface area (Å²) in [5.74, 6) is 0.129.